The molecule has 0 amide bonds. The highest BCUT2D eigenvalue weighted by Crippen LogP contribution is 2.49. The summed E-state index contributed by atoms with van der Waals surface area (Å²) in [6.07, 6.45) is 8.17. The average molecular weight is 282 g/mol. The highest BCUT2D eigenvalue weighted by molar-refractivity contribution is 6.32. The first-order valence-electron chi connectivity index (χ1n) is 6.72. The lowest BCUT2D eigenvalue weighted by Gasteiger charge is -2.16. The van der Waals surface area contributed by atoms with Crippen molar-refractivity contribution in [2.45, 2.75) is 39.2 Å². The normalized spacial score (nSPS) is 16.1. The monoisotopic (exact) mass is 281 g/mol. The standard InChI is InChI=1S/C14H20ClN3O/c1-3-5-14(6-7-14)10-16-11-9-17-18(8-4-2)13(19)12(11)15/h4,9,16H,2-3,5-8,10H2,1H3. The summed E-state index contributed by atoms with van der Waals surface area (Å²) in [7, 11) is 0. The summed E-state index contributed by atoms with van der Waals surface area (Å²) in [4.78, 5) is 11.9. The molecule has 1 aromatic heterocycles. The van der Waals surface area contributed by atoms with Crippen LogP contribution < -0.4 is 10.9 Å². The molecular weight excluding hydrogens is 262 g/mol. The smallest absolute Gasteiger partial charge is 0.287 e. The Kier molecular flexibility index (Phi) is 4.30. The summed E-state index contributed by atoms with van der Waals surface area (Å²) in [5.74, 6) is 0. The Hall–Kier alpha value is -1.29. The van der Waals surface area contributed by atoms with Gasteiger partial charge in [0.25, 0.3) is 5.56 Å². The number of nitrogens with zero attached hydrogens (tertiary/aromatic N) is 2. The summed E-state index contributed by atoms with van der Waals surface area (Å²) in [5.41, 5.74) is 0.773. The van der Waals surface area contributed by atoms with Crippen LogP contribution in [0.15, 0.2) is 23.6 Å². The van der Waals surface area contributed by atoms with E-state index >= 15 is 0 Å². The Balaban J connectivity index is 2.07. The van der Waals surface area contributed by atoms with Crippen LogP contribution in [0, 0.1) is 5.41 Å². The first kappa shape index (κ1) is 14.1. The number of allylic oxidation sites excluding steroid dienone is 1. The van der Waals surface area contributed by atoms with Crippen LogP contribution in [-0.2, 0) is 6.54 Å². The molecule has 5 heteroatoms. The molecule has 1 fully saturated rings. The van der Waals surface area contributed by atoms with Gasteiger partial charge in [0.05, 0.1) is 18.4 Å². The Morgan fingerprint density at radius 1 is 1.63 bits per heavy atom. The summed E-state index contributed by atoms with van der Waals surface area (Å²) in [6, 6.07) is 0. The van der Waals surface area contributed by atoms with Crippen molar-refractivity contribution in [1.82, 2.24) is 9.78 Å². The number of anilines is 1. The van der Waals surface area contributed by atoms with Crippen LogP contribution in [0.25, 0.3) is 0 Å². The van der Waals surface area contributed by atoms with Gasteiger partial charge in [0, 0.05) is 6.54 Å². The van der Waals surface area contributed by atoms with Gasteiger partial charge in [-0.1, -0.05) is 31.0 Å². The zero-order chi connectivity index (χ0) is 13.9. The summed E-state index contributed by atoms with van der Waals surface area (Å²) >= 11 is 6.09. The molecule has 19 heavy (non-hydrogen) atoms. The predicted molar refractivity (Wildman–Crippen MR) is 78.8 cm³/mol. The molecule has 104 valence electrons. The van der Waals surface area contributed by atoms with Crippen molar-refractivity contribution >= 4 is 17.3 Å². The fourth-order valence-corrected chi connectivity index (χ4v) is 2.56. The molecule has 4 nitrogen and oxygen atoms in total. The molecule has 0 bridgehead atoms. The van der Waals surface area contributed by atoms with Gasteiger partial charge in [-0.25, -0.2) is 4.68 Å². The van der Waals surface area contributed by atoms with Crippen molar-refractivity contribution in [2.75, 3.05) is 11.9 Å². The second kappa shape index (κ2) is 5.78. The number of nitrogens with one attached hydrogen (secondary N) is 1. The van der Waals surface area contributed by atoms with Gasteiger partial charge in [-0.3, -0.25) is 4.79 Å². The van der Waals surface area contributed by atoms with Crippen molar-refractivity contribution < 1.29 is 0 Å². The van der Waals surface area contributed by atoms with Crippen molar-refractivity contribution in [3.8, 4) is 0 Å². The zero-order valence-electron chi connectivity index (χ0n) is 11.3. The molecular formula is C14H20ClN3O. The maximum Gasteiger partial charge on any atom is 0.287 e. The van der Waals surface area contributed by atoms with Crippen molar-refractivity contribution in [3.05, 3.63) is 34.2 Å². The fourth-order valence-electron chi connectivity index (χ4n) is 2.35. The minimum absolute atomic E-state index is 0.212. The topological polar surface area (TPSA) is 46.9 Å². The summed E-state index contributed by atoms with van der Waals surface area (Å²) < 4.78 is 1.31. The molecule has 1 aliphatic rings. The second-order valence-electron chi connectivity index (χ2n) is 5.25. The highest BCUT2D eigenvalue weighted by atomic mass is 35.5. The zero-order valence-corrected chi connectivity index (χ0v) is 12.0. The van der Waals surface area contributed by atoms with Gasteiger partial charge in [0.2, 0.25) is 0 Å². The van der Waals surface area contributed by atoms with Crippen LogP contribution >= 0.6 is 11.6 Å². The summed E-state index contributed by atoms with van der Waals surface area (Å²) in [6.45, 7) is 7.03. The number of hydrogen-bond acceptors (Lipinski definition) is 3. The molecule has 0 radical (unpaired) electrons. The lowest BCUT2D eigenvalue weighted by molar-refractivity contribution is 0.485. The molecule has 0 aliphatic heterocycles. The molecule has 0 saturated heterocycles. The third-order valence-electron chi connectivity index (χ3n) is 3.68. The second-order valence-corrected chi connectivity index (χ2v) is 5.63. The quantitative estimate of drug-likeness (QED) is 0.781. The SMILES string of the molecule is C=CCn1ncc(NCC2(CCC)CC2)c(Cl)c1=O. The first-order chi connectivity index (χ1) is 9.12. The third-order valence-corrected chi connectivity index (χ3v) is 4.04. The third kappa shape index (κ3) is 3.18. The van der Waals surface area contributed by atoms with Gasteiger partial charge in [0.1, 0.15) is 5.02 Å². The molecule has 1 N–H and O–H groups in total. The maximum absolute atomic E-state index is 11.9. The molecule has 1 aliphatic carbocycles. The van der Waals surface area contributed by atoms with Crippen molar-refractivity contribution in [3.63, 3.8) is 0 Å². The van der Waals surface area contributed by atoms with E-state index in [2.05, 4.69) is 23.9 Å². The van der Waals surface area contributed by atoms with E-state index in [1.54, 1.807) is 12.3 Å². The molecule has 0 spiro atoms. The van der Waals surface area contributed by atoms with Gasteiger partial charge < -0.3 is 5.32 Å². The van der Waals surface area contributed by atoms with Gasteiger partial charge in [-0.2, -0.15) is 5.10 Å². The van der Waals surface area contributed by atoms with Crippen molar-refractivity contribution in [1.29, 1.82) is 0 Å². The number of halogens is 1. The van der Waals surface area contributed by atoms with E-state index in [0.717, 1.165) is 6.54 Å². The maximum atomic E-state index is 11.9. The molecule has 2 rings (SSSR count). The Morgan fingerprint density at radius 2 is 2.37 bits per heavy atom. The van der Waals surface area contributed by atoms with Crippen LogP contribution in [0.5, 0.6) is 0 Å². The average Bonchev–Trinajstić information content (AvgIpc) is 3.15. The van der Waals surface area contributed by atoms with E-state index in [9.17, 15) is 4.79 Å². The van der Waals surface area contributed by atoms with Crippen LogP contribution in [0.3, 0.4) is 0 Å². The minimum atomic E-state index is -0.271. The highest BCUT2D eigenvalue weighted by Gasteiger charge is 2.41. The van der Waals surface area contributed by atoms with Crippen LogP contribution in [0.1, 0.15) is 32.6 Å². The lowest BCUT2D eigenvalue weighted by Crippen LogP contribution is -2.25. The molecule has 0 aromatic carbocycles. The molecule has 1 heterocycles. The van der Waals surface area contributed by atoms with Gasteiger partial charge >= 0.3 is 0 Å². The van der Waals surface area contributed by atoms with E-state index in [0.29, 0.717) is 17.6 Å². The predicted octanol–water partition coefficient (Wildman–Crippen LogP) is 3.07. The number of rotatable bonds is 7. The van der Waals surface area contributed by atoms with E-state index < -0.39 is 0 Å². The van der Waals surface area contributed by atoms with Gasteiger partial charge in [0.15, 0.2) is 0 Å². The summed E-state index contributed by atoms with van der Waals surface area (Å²) in [5, 5.41) is 7.57. The molecule has 0 unspecified atom stereocenters. The van der Waals surface area contributed by atoms with Gasteiger partial charge in [-0.05, 0) is 24.7 Å². The Labute approximate surface area is 118 Å². The first-order valence-corrected chi connectivity index (χ1v) is 7.10. The van der Waals surface area contributed by atoms with E-state index in [1.165, 1.54) is 30.4 Å². The Bertz CT molecular complexity index is 520. The van der Waals surface area contributed by atoms with Crippen LogP contribution in [0.2, 0.25) is 5.02 Å². The minimum Gasteiger partial charge on any atom is -0.382 e. The lowest BCUT2D eigenvalue weighted by atomic mass is 10.0. The fraction of sp³-hybridized carbons (Fsp3) is 0.571. The van der Waals surface area contributed by atoms with E-state index in [1.807, 2.05) is 0 Å². The molecule has 1 aromatic rings. The van der Waals surface area contributed by atoms with E-state index in [4.69, 9.17) is 11.6 Å². The molecule has 0 atom stereocenters. The van der Waals surface area contributed by atoms with Crippen molar-refractivity contribution in [2.24, 2.45) is 5.41 Å². The largest absolute Gasteiger partial charge is 0.382 e. The number of aromatic nitrogens is 2. The van der Waals surface area contributed by atoms with Crippen LogP contribution in [0.4, 0.5) is 5.69 Å². The molecule has 1 saturated carbocycles. The number of hydrogen-bond donors (Lipinski definition) is 1. The Morgan fingerprint density at radius 3 is 2.95 bits per heavy atom. The van der Waals surface area contributed by atoms with Crippen LogP contribution in [-0.4, -0.2) is 16.3 Å². The van der Waals surface area contributed by atoms with Gasteiger partial charge in [-0.15, -0.1) is 6.58 Å². The van der Waals surface area contributed by atoms with E-state index in [-0.39, 0.29) is 10.6 Å².